The van der Waals surface area contributed by atoms with Gasteiger partial charge in [-0.1, -0.05) is 0 Å². The summed E-state index contributed by atoms with van der Waals surface area (Å²) >= 11 is -1.53. The fraction of sp³-hybridized carbons (Fsp3) is 0.579. The zero-order valence-corrected chi connectivity index (χ0v) is 17.2. The van der Waals surface area contributed by atoms with Crippen LogP contribution in [0.3, 0.4) is 0 Å². The first-order valence-electron chi connectivity index (χ1n) is 8.04. The van der Waals surface area contributed by atoms with E-state index in [1.807, 2.05) is 0 Å². The molecule has 0 nitrogen and oxygen atoms in total. The van der Waals surface area contributed by atoms with Gasteiger partial charge in [0.15, 0.2) is 0 Å². The second kappa shape index (κ2) is 4.93. The van der Waals surface area contributed by atoms with Gasteiger partial charge >= 0.3 is 132 Å². The van der Waals surface area contributed by atoms with E-state index in [9.17, 15) is 0 Å². The van der Waals surface area contributed by atoms with Crippen LogP contribution in [0.25, 0.3) is 6.08 Å². The van der Waals surface area contributed by atoms with Crippen molar-refractivity contribution in [2.75, 3.05) is 0 Å². The fourth-order valence-corrected chi connectivity index (χ4v) is 11.2. The maximum atomic E-state index is 2.60. The van der Waals surface area contributed by atoms with Gasteiger partial charge in [-0.3, -0.25) is 0 Å². The zero-order chi connectivity index (χ0) is 14.5. The van der Waals surface area contributed by atoms with Crippen LogP contribution >= 0.6 is 0 Å². The molecule has 0 heterocycles. The molecule has 2 aliphatic carbocycles. The summed E-state index contributed by atoms with van der Waals surface area (Å²) in [4.78, 5) is 0. The number of allylic oxidation sites excluding steroid dienone is 1. The second-order valence-electron chi connectivity index (χ2n) is 7.78. The number of benzene rings is 1. The monoisotopic (exact) mass is 435 g/mol. The van der Waals surface area contributed by atoms with Crippen LogP contribution in [0.5, 0.6) is 0 Å². The summed E-state index contributed by atoms with van der Waals surface area (Å²) in [6.45, 7) is 7.17. The van der Waals surface area contributed by atoms with Gasteiger partial charge in [0.05, 0.1) is 0 Å². The molecule has 107 valence electrons. The van der Waals surface area contributed by atoms with Crippen molar-refractivity contribution in [3.8, 4) is 0 Å². The van der Waals surface area contributed by atoms with E-state index in [1.165, 1.54) is 25.7 Å². The van der Waals surface area contributed by atoms with Crippen LogP contribution in [0.2, 0.25) is 9.36 Å². The van der Waals surface area contributed by atoms with Crippen molar-refractivity contribution >= 4 is 6.08 Å². The van der Waals surface area contributed by atoms with Crippen molar-refractivity contribution in [2.24, 2.45) is 5.41 Å². The Morgan fingerprint density at radius 1 is 1.10 bits per heavy atom. The van der Waals surface area contributed by atoms with Crippen LogP contribution < -0.4 is 0 Å². The molecule has 1 aromatic carbocycles. The zero-order valence-electron chi connectivity index (χ0n) is 13.6. The molecule has 0 aromatic heterocycles. The molecule has 1 heteroatoms. The Bertz CT molecular complexity index is 565. The van der Waals surface area contributed by atoms with Crippen molar-refractivity contribution in [1.29, 1.82) is 0 Å². The molecule has 0 N–H and O–H groups in total. The van der Waals surface area contributed by atoms with Crippen molar-refractivity contribution in [3.05, 3.63) is 40.5 Å². The van der Waals surface area contributed by atoms with Gasteiger partial charge in [-0.05, 0) is 0 Å². The van der Waals surface area contributed by atoms with E-state index in [-0.39, 0.29) is 0 Å². The molecule has 20 heavy (non-hydrogen) atoms. The van der Waals surface area contributed by atoms with Gasteiger partial charge in [0, 0.05) is 0 Å². The first kappa shape index (κ1) is 14.8. The molecule has 2 aliphatic rings. The first-order valence-corrected chi connectivity index (χ1v) is 17.0. The average molecular weight is 434 g/mol. The van der Waals surface area contributed by atoms with Crippen LogP contribution in [0.15, 0.2) is 18.2 Å². The molecular formula is C19H27Hf. The Labute approximate surface area is 132 Å². The number of hydrogen-bond acceptors (Lipinski definition) is 0. The minimum absolute atomic E-state index is 0.468. The molecule has 0 spiro atoms. The Morgan fingerprint density at radius 3 is 2.35 bits per heavy atom. The van der Waals surface area contributed by atoms with E-state index >= 15 is 0 Å². The Hall–Kier alpha value is -0.170. The van der Waals surface area contributed by atoms with E-state index in [4.69, 9.17) is 0 Å². The third-order valence-corrected chi connectivity index (χ3v) is 14.1. The van der Waals surface area contributed by atoms with E-state index < -0.39 is 21.4 Å². The topological polar surface area (TPSA) is 0 Å². The van der Waals surface area contributed by atoms with Crippen LogP contribution in [0.1, 0.15) is 55.9 Å². The number of rotatable bonds is 3. The standard InChI is InChI=1S/C17H21.2CH3.Hf/c1-4-5-12-6-7-13-8-14-10-17(2,3)11-15(14)9-16(12)13;;;/h6-9H,4-5,10-11H2,1-3H3;2*1H3;. The summed E-state index contributed by atoms with van der Waals surface area (Å²) in [6.07, 6.45) is 10.2. The summed E-state index contributed by atoms with van der Waals surface area (Å²) in [5, 5.41) is 0. The Kier molecular flexibility index (Phi) is 3.64. The first-order chi connectivity index (χ1) is 9.38. The molecule has 1 aromatic rings. The van der Waals surface area contributed by atoms with Gasteiger partial charge in [0.25, 0.3) is 0 Å². The van der Waals surface area contributed by atoms with Gasteiger partial charge in [-0.2, -0.15) is 0 Å². The van der Waals surface area contributed by atoms with Gasteiger partial charge in [-0.15, -0.1) is 0 Å². The van der Waals surface area contributed by atoms with Gasteiger partial charge in [0.1, 0.15) is 0 Å². The van der Waals surface area contributed by atoms with Crippen molar-refractivity contribution in [1.82, 2.24) is 0 Å². The van der Waals surface area contributed by atoms with Crippen molar-refractivity contribution in [3.63, 3.8) is 0 Å². The Balaban J connectivity index is 2.09. The van der Waals surface area contributed by atoms with E-state index in [0.717, 1.165) is 0 Å². The van der Waals surface area contributed by atoms with Crippen LogP contribution in [0.4, 0.5) is 0 Å². The molecule has 3 rings (SSSR count). The van der Waals surface area contributed by atoms with Crippen molar-refractivity contribution < 1.29 is 21.4 Å². The molecule has 0 radical (unpaired) electrons. The molecule has 0 bridgehead atoms. The summed E-state index contributed by atoms with van der Waals surface area (Å²) in [5.74, 6) is 0. The third kappa shape index (κ3) is 2.21. The van der Waals surface area contributed by atoms with Crippen LogP contribution in [0, 0.1) is 5.41 Å². The molecule has 1 atom stereocenters. The molecule has 0 saturated carbocycles. The summed E-state index contributed by atoms with van der Waals surface area (Å²) in [6, 6.07) is 5.12. The number of fused-ring (bicyclic) bond motifs is 2. The molecule has 0 aliphatic heterocycles. The molecule has 0 saturated heterocycles. The fourth-order valence-electron chi connectivity index (χ4n) is 4.28. The van der Waals surface area contributed by atoms with E-state index in [0.29, 0.717) is 8.59 Å². The van der Waals surface area contributed by atoms with E-state index in [2.05, 4.69) is 54.4 Å². The molecule has 0 fully saturated rings. The van der Waals surface area contributed by atoms with Gasteiger partial charge in [-0.25, -0.2) is 0 Å². The van der Waals surface area contributed by atoms with Crippen LogP contribution in [-0.2, 0) is 37.5 Å². The quantitative estimate of drug-likeness (QED) is 0.548. The predicted molar refractivity (Wildman–Crippen MR) is 85.0 cm³/mol. The minimum atomic E-state index is -1.53. The van der Waals surface area contributed by atoms with Crippen LogP contribution in [-0.4, -0.2) is 0 Å². The van der Waals surface area contributed by atoms with Gasteiger partial charge < -0.3 is 0 Å². The number of hydrogen-bond donors (Lipinski definition) is 0. The molecule has 0 amide bonds. The normalized spacial score (nSPS) is 25.6. The Morgan fingerprint density at radius 2 is 1.75 bits per heavy atom. The second-order valence-corrected chi connectivity index (χ2v) is 18.2. The summed E-state index contributed by atoms with van der Waals surface area (Å²) < 4.78 is 5.68. The van der Waals surface area contributed by atoms with Crippen molar-refractivity contribution in [2.45, 2.75) is 59.0 Å². The molecule has 1 unspecified atom stereocenters. The average Bonchev–Trinajstić information content (AvgIpc) is 2.83. The summed E-state index contributed by atoms with van der Waals surface area (Å²) in [7, 11) is 0. The molecular weight excluding hydrogens is 407 g/mol. The maximum absolute atomic E-state index is 2.60. The van der Waals surface area contributed by atoms with Gasteiger partial charge in [0.2, 0.25) is 0 Å². The predicted octanol–water partition coefficient (Wildman–Crippen LogP) is 5.55. The SMILES string of the molecule is CCC[C]1([Hf]([CH3])[CH3])C=Cc2cc3c(cc21)CC(C)(C)C3. The third-order valence-electron chi connectivity index (χ3n) is 5.27. The van der Waals surface area contributed by atoms with E-state index in [1.54, 1.807) is 22.3 Å². The summed E-state index contributed by atoms with van der Waals surface area (Å²) in [5.41, 5.74) is 6.97.